The van der Waals surface area contributed by atoms with Crippen molar-refractivity contribution in [1.82, 2.24) is 0 Å². The molecule has 106 valence electrons. The lowest BCUT2D eigenvalue weighted by Crippen LogP contribution is -2.14. The highest BCUT2D eigenvalue weighted by atomic mass is 14.9. The Morgan fingerprint density at radius 1 is 0.900 bits per heavy atom. The molecule has 1 nitrogen and oxygen atoms in total. The number of nitrogens with one attached hydrogen (secondary N) is 1. The van der Waals surface area contributed by atoms with E-state index in [0.29, 0.717) is 0 Å². The van der Waals surface area contributed by atoms with Gasteiger partial charge >= 0.3 is 0 Å². The first-order valence-corrected chi connectivity index (χ1v) is 7.27. The van der Waals surface area contributed by atoms with Crippen LogP contribution in [0, 0.1) is 13.8 Å². The minimum Gasteiger partial charge on any atom is -0.381 e. The number of anilines is 1. The molecule has 20 heavy (non-hydrogen) atoms. The van der Waals surface area contributed by atoms with Crippen LogP contribution in [-0.4, -0.2) is 0 Å². The van der Waals surface area contributed by atoms with Crippen LogP contribution in [0.5, 0.6) is 0 Å². The third kappa shape index (κ3) is 3.63. The van der Waals surface area contributed by atoms with E-state index in [0.717, 1.165) is 6.54 Å². The molecule has 0 aliphatic carbocycles. The molecule has 0 atom stereocenters. The number of benzene rings is 2. The number of hydrogen-bond donors (Lipinski definition) is 1. The van der Waals surface area contributed by atoms with E-state index in [9.17, 15) is 0 Å². The first kappa shape index (κ1) is 14.6. The van der Waals surface area contributed by atoms with Crippen LogP contribution in [0.15, 0.2) is 42.5 Å². The van der Waals surface area contributed by atoms with Gasteiger partial charge in [0, 0.05) is 12.2 Å². The number of hydrogen-bond acceptors (Lipinski definition) is 1. The van der Waals surface area contributed by atoms with Crippen molar-refractivity contribution in [2.75, 3.05) is 5.32 Å². The lowest BCUT2D eigenvalue weighted by Gasteiger charge is -2.23. The molecule has 0 aliphatic rings. The van der Waals surface area contributed by atoms with Gasteiger partial charge in [-0.05, 0) is 36.5 Å². The van der Waals surface area contributed by atoms with Crippen molar-refractivity contribution in [3.63, 3.8) is 0 Å². The average Bonchev–Trinajstić information content (AvgIpc) is 2.34. The molecule has 0 unspecified atom stereocenters. The molecular formula is C19H25N. The van der Waals surface area contributed by atoms with Crippen LogP contribution in [0.3, 0.4) is 0 Å². The standard InChI is InChI=1S/C19H25N/c1-14-10-15(2)12-16(11-14)13-20-18-9-7-6-8-17(18)19(3,4)5/h6-12,20H,13H2,1-5H3. The molecule has 0 radical (unpaired) electrons. The molecule has 0 amide bonds. The monoisotopic (exact) mass is 267 g/mol. The van der Waals surface area contributed by atoms with E-state index in [-0.39, 0.29) is 5.41 Å². The molecular weight excluding hydrogens is 242 g/mol. The van der Waals surface area contributed by atoms with Gasteiger partial charge in [0.25, 0.3) is 0 Å². The Balaban J connectivity index is 2.19. The zero-order chi connectivity index (χ0) is 14.8. The van der Waals surface area contributed by atoms with Crippen molar-refractivity contribution in [3.8, 4) is 0 Å². The SMILES string of the molecule is Cc1cc(C)cc(CNc2ccccc2C(C)(C)C)c1. The van der Waals surface area contributed by atoms with Gasteiger partial charge < -0.3 is 5.32 Å². The van der Waals surface area contributed by atoms with E-state index < -0.39 is 0 Å². The summed E-state index contributed by atoms with van der Waals surface area (Å²) in [6.45, 7) is 11.9. The summed E-state index contributed by atoms with van der Waals surface area (Å²) in [6.07, 6.45) is 0. The van der Waals surface area contributed by atoms with E-state index in [4.69, 9.17) is 0 Å². The molecule has 2 aromatic rings. The van der Waals surface area contributed by atoms with Gasteiger partial charge in [0.05, 0.1) is 0 Å². The Bertz CT molecular complexity index is 571. The van der Waals surface area contributed by atoms with Crippen molar-refractivity contribution in [2.24, 2.45) is 0 Å². The quantitative estimate of drug-likeness (QED) is 0.804. The second-order valence-corrected chi connectivity index (χ2v) is 6.65. The molecule has 2 aromatic carbocycles. The maximum Gasteiger partial charge on any atom is 0.0401 e. The van der Waals surface area contributed by atoms with Crippen LogP contribution < -0.4 is 5.32 Å². The molecule has 0 spiro atoms. The van der Waals surface area contributed by atoms with E-state index >= 15 is 0 Å². The van der Waals surface area contributed by atoms with E-state index in [1.807, 2.05) is 0 Å². The van der Waals surface area contributed by atoms with E-state index in [1.165, 1.54) is 27.9 Å². The first-order valence-electron chi connectivity index (χ1n) is 7.27. The first-order chi connectivity index (χ1) is 9.36. The van der Waals surface area contributed by atoms with Crippen LogP contribution in [0.1, 0.15) is 43.0 Å². The number of aryl methyl sites for hydroxylation is 2. The summed E-state index contributed by atoms with van der Waals surface area (Å²) >= 11 is 0. The zero-order valence-corrected chi connectivity index (χ0v) is 13.2. The van der Waals surface area contributed by atoms with Crippen LogP contribution >= 0.6 is 0 Å². The third-order valence-corrected chi connectivity index (χ3v) is 3.50. The van der Waals surface area contributed by atoms with Crippen molar-refractivity contribution in [3.05, 3.63) is 64.7 Å². The van der Waals surface area contributed by atoms with Crippen molar-refractivity contribution in [1.29, 1.82) is 0 Å². The van der Waals surface area contributed by atoms with E-state index in [1.54, 1.807) is 0 Å². The predicted octanol–water partition coefficient (Wildman–Crippen LogP) is 5.21. The Morgan fingerprint density at radius 3 is 2.10 bits per heavy atom. The van der Waals surface area contributed by atoms with Gasteiger partial charge in [-0.25, -0.2) is 0 Å². The molecule has 0 heterocycles. The van der Waals surface area contributed by atoms with Gasteiger partial charge in [-0.3, -0.25) is 0 Å². The van der Waals surface area contributed by atoms with Crippen LogP contribution in [0.4, 0.5) is 5.69 Å². The Kier molecular flexibility index (Phi) is 4.17. The smallest absolute Gasteiger partial charge is 0.0401 e. The molecule has 0 aliphatic heterocycles. The fraction of sp³-hybridized carbons (Fsp3) is 0.368. The Labute approximate surface area is 123 Å². The maximum absolute atomic E-state index is 3.59. The molecule has 0 bridgehead atoms. The molecule has 1 N–H and O–H groups in total. The summed E-state index contributed by atoms with van der Waals surface area (Å²) in [5.74, 6) is 0. The fourth-order valence-corrected chi connectivity index (χ4v) is 2.66. The Morgan fingerprint density at radius 2 is 1.50 bits per heavy atom. The highest BCUT2D eigenvalue weighted by Gasteiger charge is 2.17. The van der Waals surface area contributed by atoms with Crippen molar-refractivity contribution in [2.45, 2.75) is 46.6 Å². The summed E-state index contributed by atoms with van der Waals surface area (Å²) in [4.78, 5) is 0. The van der Waals surface area contributed by atoms with E-state index in [2.05, 4.69) is 82.4 Å². The average molecular weight is 267 g/mol. The van der Waals surface area contributed by atoms with Gasteiger partial charge in [-0.1, -0.05) is 68.3 Å². The molecule has 0 aromatic heterocycles. The van der Waals surface area contributed by atoms with Gasteiger partial charge in [0.1, 0.15) is 0 Å². The second-order valence-electron chi connectivity index (χ2n) is 6.65. The number of rotatable bonds is 3. The highest BCUT2D eigenvalue weighted by molar-refractivity contribution is 5.54. The van der Waals surface area contributed by atoms with Gasteiger partial charge in [-0.2, -0.15) is 0 Å². The van der Waals surface area contributed by atoms with Crippen LogP contribution in [0.25, 0.3) is 0 Å². The minimum atomic E-state index is 0.159. The normalized spacial score (nSPS) is 11.4. The number of para-hydroxylation sites is 1. The zero-order valence-electron chi connectivity index (χ0n) is 13.2. The predicted molar refractivity (Wildman–Crippen MR) is 88.4 cm³/mol. The maximum atomic E-state index is 3.59. The lowest BCUT2D eigenvalue weighted by atomic mass is 9.86. The molecule has 2 rings (SSSR count). The second kappa shape index (κ2) is 5.70. The molecule has 0 fully saturated rings. The van der Waals surface area contributed by atoms with Crippen molar-refractivity contribution >= 4 is 5.69 Å². The third-order valence-electron chi connectivity index (χ3n) is 3.50. The van der Waals surface area contributed by atoms with Crippen LogP contribution in [0.2, 0.25) is 0 Å². The summed E-state index contributed by atoms with van der Waals surface area (Å²) in [6, 6.07) is 15.3. The fourth-order valence-electron chi connectivity index (χ4n) is 2.66. The largest absolute Gasteiger partial charge is 0.381 e. The summed E-state index contributed by atoms with van der Waals surface area (Å²) in [7, 11) is 0. The highest BCUT2D eigenvalue weighted by Crippen LogP contribution is 2.29. The lowest BCUT2D eigenvalue weighted by molar-refractivity contribution is 0.591. The minimum absolute atomic E-state index is 0.159. The molecule has 0 saturated heterocycles. The van der Waals surface area contributed by atoms with Gasteiger partial charge in [-0.15, -0.1) is 0 Å². The molecule has 0 saturated carbocycles. The van der Waals surface area contributed by atoms with Crippen molar-refractivity contribution < 1.29 is 0 Å². The topological polar surface area (TPSA) is 12.0 Å². The summed E-state index contributed by atoms with van der Waals surface area (Å²) in [5.41, 5.74) is 6.75. The summed E-state index contributed by atoms with van der Waals surface area (Å²) < 4.78 is 0. The van der Waals surface area contributed by atoms with Gasteiger partial charge in [0.15, 0.2) is 0 Å². The Hall–Kier alpha value is -1.76. The van der Waals surface area contributed by atoms with Crippen LogP contribution in [-0.2, 0) is 12.0 Å². The summed E-state index contributed by atoms with van der Waals surface area (Å²) in [5, 5.41) is 3.59. The van der Waals surface area contributed by atoms with Gasteiger partial charge in [0.2, 0.25) is 0 Å². The molecule has 1 heteroatoms.